The Morgan fingerprint density at radius 1 is 0.375 bits per heavy atom. The van der Waals surface area contributed by atoms with Crippen LogP contribution in [0, 0.1) is 0 Å². The Labute approximate surface area is 369 Å². The maximum atomic E-state index is 9.77. The molecule has 0 atom stereocenters. The van der Waals surface area contributed by atoms with Crippen molar-refractivity contribution in [2.24, 2.45) is 0 Å². The summed E-state index contributed by atoms with van der Waals surface area (Å²) >= 11 is 0.678. The van der Waals surface area contributed by atoms with E-state index in [0.29, 0.717) is 11.3 Å². The summed E-state index contributed by atoms with van der Waals surface area (Å²) in [6, 6.07) is -23.9. The summed E-state index contributed by atoms with van der Waals surface area (Å²) in [6.07, 6.45) is 0. The fourth-order valence-corrected chi connectivity index (χ4v) is 6.92. The molecule has 11 rings (SSSR count). The fourth-order valence-electron chi connectivity index (χ4n) is 5.89. The lowest BCUT2D eigenvalue weighted by molar-refractivity contribution is 0.669. The third kappa shape index (κ3) is 5.65. The normalized spacial score (nSPS) is 19.1. The van der Waals surface area contributed by atoms with Gasteiger partial charge in [0, 0.05) is 47.6 Å². The van der Waals surface area contributed by atoms with Crippen LogP contribution in [0.4, 0.5) is 0 Å². The van der Waals surface area contributed by atoms with E-state index in [1.807, 2.05) is 0 Å². The van der Waals surface area contributed by atoms with Crippen molar-refractivity contribution in [3.63, 3.8) is 0 Å². The van der Waals surface area contributed by atoms with E-state index < -0.39 is 260 Å². The van der Waals surface area contributed by atoms with Crippen LogP contribution in [0.1, 0.15) is 41.1 Å². The van der Waals surface area contributed by atoms with Crippen LogP contribution in [0.25, 0.3) is 110 Å². The standard InChI is InChI=1S/C51H31N3OS/c1-4-12-32(13-5-1)34-20-22-36(23-21-34)50-52-49(35-16-8-3-9-17-35)53-51(54-50)38-25-27-41-40-26-24-37(29-44(40)55-45(41)30-38)43-28-39(33-14-6-2-7-15-33)31-47-48(43)42-18-10-11-19-46(42)56-47/h1-31H/i1D,2D,3D,4D,5D,6D,7D,8D,9D,10D,11D,12D,13D,14D,15D,16D,17D,18D,19D,20D,21D,22D,23D,24D,25D,26D,27D,29D,30D,31D. The first-order chi connectivity index (χ1) is 40.2. The summed E-state index contributed by atoms with van der Waals surface area (Å²) in [5.41, 5.74) is -6.85. The van der Waals surface area contributed by atoms with Crippen LogP contribution in [0.15, 0.2) is 192 Å². The van der Waals surface area contributed by atoms with Gasteiger partial charge in [-0.1, -0.05) is 145 Å². The first-order valence-corrected chi connectivity index (χ1v) is 17.1. The molecule has 5 heteroatoms. The van der Waals surface area contributed by atoms with Crippen LogP contribution in [0.5, 0.6) is 0 Å². The lowest BCUT2D eigenvalue weighted by Gasteiger charge is -2.10. The molecule has 8 aromatic carbocycles. The fraction of sp³-hybridized carbons (Fsp3) is 0. The number of rotatable bonds is 6. The molecule has 0 spiro atoms. The van der Waals surface area contributed by atoms with Gasteiger partial charge in [0.25, 0.3) is 0 Å². The Morgan fingerprint density at radius 3 is 1.50 bits per heavy atom. The van der Waals surface area contributed by atoms with Gasteiger partial charge in [0.15, 0.2) is 17.5 Å². The topological polar surface area (TPSA) is 51.8 Å². The van der Waals surface area contributed by atoms with Crippen molar-refractivity contribution in [3.8, 4) is 67.5 Å². The lowest BCUT2D eigenvalue weighted by atomic mass is 9.94. The van der Waals surface area contributed by atoms with E-state index in [-0.39, 0.29) is 31.3 Å². The maximum absolute atomic E-state index is 9.77. The van der Waals surface area contributed by atoms with E-state index in [2.05, 4.69) is 15.0 Å². The summed E-state index contributed by atoms with van der Waals surface area (Å²) in [5, 5.41) is -1.38. The summed E-state index contributed by atoms with van der Waals surface area (Å²) in [7, 11) is 0. The first kappa shape index (κ1) is 14.1. The molecule has 0 fully saturated rings. The number of aromatic nitrogens is 3. The molecule has 0 aliphatic rings. The number of hydrogen-bond acceptors (Lipinski definition) is 5. The second-order valence-electron chi connectivity index (χ2n) is 11.7. The van der Waals surface area contributed by atoms with Crippen molar-refractivity contribution in [3.05, 3.63) is 187 Å². The Balaban J connectivity index is 1.23. The van der Waals surface area contributed by atoms with Crippen LogP contribution >= 0.6 is 11.3 Å². The van der Waals surface area contributed by atoms with Crippen molar-refractivity contribution in [1.29, 1.82) is 0 Å². The van der Waals surface area contributed by atoms with Crippen molar-refractivity contribution in [2.75, 3.05) is 0 Å². The quantitative estimate of drug-likeness (QED) is 0.169. The largest absolute Gasteiger partial charge is 0.456 e. The summed E-state index contributed by atoms with van der Waals surface area (Å²) in [4.78, 5) is 12.9. The molecule has 0 unspecified atom stereocenters. The van der Waals surface area contributed by atoms with Crippen molar-refractivity contribution in [2.45, 2.75) is 0 Å². The number of fused-ring (bicyclic) bond motifs is 6. The average Bonchev–Trinajstić information content (AvgIpc) is 1.61. The Bertz CT molecular complexity index is 4900. The number of nitrogens with zero attached hydrogens (tertiary/aromatic N) is 3. The maximum Gasteiger partial charge on any atom is 0.164 e. The molecular weight excluding hydrogens is 703 g/mol. The number of hydrogen-bond donors (Lipinski definition) is 0. The van der Waals surface area contributed by atoms with Gasteiger partial charge < -0.3 is 4.42 Å². The van der Waals surface area contributed by atoms with Gasteiger partial charge in [0.1, 0.15) is 11.2 Å². The van der Waals surface area contributed by atoms with Crippen molar-refractivity contribution < 1.29 is 45.5 Å². The SMILES string of the molecule is [2H]c1c([2H])c([2H])c(-c2nc(-c3c([2H])c([2H])c(-c4c([2H])c([2H])c([2H])c([2H])c4[2H])c([2H])c3[2H])nc(-c3c([2H])c([2H])c4c(oc5c([2H])c(-c6cc(-c7c([2H])c([2H])c([2H])c([2H])c7[2H])c([2H])c7sc8c([2H])c([2H])c([2H])c([2H])c8c67)c([2H])c([2H])c54)c3[2H])n2)c([2H])c1[2H]. The van der Waals surface area contributed by atoms with Crippen LogP contribution in [0.2, 0.25) is 0 Å². The molecule has 0 bridgehead atoms. The summed E-state index contributed by atoms with van der Waals surface area (Å²) < 4.78 is 271. The van der Waals surface area contributed by atoms with Crippen molar-refractivity contribution >= 4 is 53.4 Å². The zero-order valence-electron chi connectivity index (χ0n) is 57.7. The molecule has 262 valence electrons. The zero-order chi connectivity index (χ0) is 63.1. The third-order valence-corrected chi connectivity index (χ3v) is 9.39. The van der Waals surface area contributed by atoms with Crippen LogP contribution in [-0.4, -0.2) is 15.0 Å². The van der Waals surface area contributed by atoms with E-state index >= 15 is 0 Å². The number of benzene rings is 8. The van der Waals surface area contributed by atoms with Gasteiger partial charge in [-0.25, -0.2) is 15.0 Å². The minimum absolute atomic E-state index is 0.110. The predicted molar refractivity (Wildman–Crippen MR) is 233 cm³/mol. The summed E-state index contributed by atoms with van der Waals surface area (Å²) in [6.45, 7) is 0. The molecule has 0 N–H and O–H groups in total. The highest BCUT2D eigenvalue weighted by Gasteiger charge is 2.18. The zero-order valence-corrected chi connectivity index (χ0v) is 28.6. The van der Waals surface area contributed by atoms with E-state index in [1.165, 1.54) is 0 Å². The van der Waals surface area contributed by atoms with Gasteiger partial charge in [-0.3, -0.25) is 0 Å². The number of furan rings is 1. The molecule has 4 nitrogen and oxygen atoms in total. The van der Waals surface area contributed by atoms with E-state index in [0.717, 1.165) is 6.07 Å². The van der Waals surface area contributed by atoms with Gasteiger partial charge in [0.2, 0.25) is 0 Å². The molecule has 0 saturated heterocycles. The van der Waals surface area contributed by atoms with Crippen molar-refractivity contribution in [1.82, 2.24) is 15.0 Å². The van der Waals surface area contributed by atoms with E-state index in [9.17, 15) is 12.3 Å². The van der Waals surface area contributed by atoms with Gasteiger partial charge in [-0.05, 0) is 75.7 Å². The highest BCUT2D eigenvalue weighted by Crippen LogP contribution is 2.44. The first-order valence-electron chi connectivity index (χ1n) is 31.2. The minimum Gasteiger partial charge on any atom is -0.456 e. The van der Waals surface area contributed by atoms with Gasteiger partial charge in [0.05, 0.1) is 41.1 Å². The molecular formula is C51H31N3OS. The van der Waals surface area contributed by atoms with E-state index in [4.69, 9.17) is 33.2 Å². The minimum atomic E-state index is -1.01. The van der Waals surface area contributed by atoms with Crippen LogP contribution in [-0.2, 0) is 0 Å². The average molecular weight is 764 g/mol. The van der Waals surface area contributed by atoms with Crippen LogP contribution < -0.4 is 0 Å². The number of thiophene rings is 1. The Morgan fingerprint density at radius 2 is 0.839 bits per heavy atom. The molecule has 0 aliphatic heterocycles. The lowest BCUT2D eigenvalue weighted by Crippen LogP contribution is -2.00. The molecule has 11 aromatic rings. The van der Waals surface area contributed by atoms with Crippen LogP contribution in [0.3, 0.4) is 0 Å². The van der Waals surface area contributed by atoms with Gasteiger partial charge in [-0.15, -0.1) is 11.3 Å². The van der Waals surface area contributed by atoms with Gasteiger partial charge >= 0.3 is 0 Å². The smallest absolute Gasteiger partial charge is 0.164 e. The molecule has 3 heterocycles. The molecule has 3 aromatic heterocycles. The molecule has 0 aliphatic carbocycles. The highest BCUT2D eigenvalue weighted by molar-refractivity contribution is 7.26. The molecule has 0 radical (unpaired) electrons. The monoisotopic (exact) mass is 763 g/mol. The van der Waals surface area contributed by atoms with Gasteiger partial charge in [-0.2, -0.15) is 0 Å². The third-order valence-electron chi connectivity index (χ3n) is 8.37. The molecule has 56 heavy (non-hydrogen) atoms. The van der Waals surface area contributed by atoms with E-state index in [1.54, 1.807) is 0 Å². The highest BCUT2D eigenvalue weighted by atomic mass is 32.1. The molecule has 0 saturated carbocycles. The second-order valence-corrected chi connectivity index (χ2v) is 12.7. The second kappa shape index (κ2) is 13.3. The Hall–Kier alpha value is -7.21. The predicted octanol–water partition coefficient (Wildman–Crippen LogP) is 14.1. The Kier molecular flexibility index (Phi) is 3.35. The molecule has 0 amide bonds. The summed E-state index contributed by atoms with van der Waals surface area (Å²) in [5.74, 6) is -2.58.